The number of nitrogens with zero attached hydrogens (tertiary/aromatic N) is 3. The molecule has 1 aromatic heterocycles. The molecule has 2 N–H and O–H groups in total. The minimum atomic E-state index is -0.317. The molecule has 0 saturated heterocycles. The van der Waals surface area contributed by atoms with Crippen LogP contribution in [0.5, 0.6) is 5.75 Å². The average molecular weight is 512 g/mol. The first-order valence-electron chi connectivity index (χ1n) is 12.7. The van der Waals surface area contributed by atoms with E-state index in [2.05, 4.69) is 17.6 Å². The highest BCUT2D eigenvalue weighted by molar-refractivity contribution is 5.99. The van der Waals surface area contributed by atoms with E-state index < -0.39 is 0 Å². The van der Waals surface area contributed by atoms with Gasteiger partial charge in [-0.3, -0.25) is 4.79 Å². The van der Waals surface area contributed by atoms with Crippen molar-refractivity contribution in [2.45, 2.75) is 26.7 Å². The van der Waals surface area contributed by atoms with Crippen molar-refractivity contribution >= 4 is 23.4 Å². The second kappa shape index (κ2) is 12.6. The number of para-hydroxylation sites is 1. The van der Waals surface area contributed by atoms with E-state index >= 15 is 0 Å². The zero-order chi connectivity index (χ0) is 26.9. The van der Waals surface area contributed by atoms with Gasteiger partial charge < -0.3 is 20.3 Å². The van der Waals surface area contributed by atoms with Gasteiger partial charge >= 0.3 is 6.03 Å². The Balaban J connectivity index is 1.63. The highest BCUT2D eigenvalue weighted by atomic mass is 16.5. The van der Waals surface area contributed by atoms with E-state index in [0.717, 1.165) is 41.1 Å². The molecule has 8 heteroatoms. The van der Waals surface area contributed by atoms with Gasteiger partial charge in [0.1, 0.15) is 18.1 Å². The molecule has 0 atom stereocenters. The second-order valence-corrected chi connectivity index (χ2v) is 8.90. The van der Waals surface area contributed by atoms with Gasteiger partial charge in [-0.1, -0.05) is 61.9 Å². The number of amides is 3. The summed E-state index contributed by atoms with van der Waals surface area (Å²) in [5.74, 6) is 0.960. The molecule has 0 spiro atoms. The maximum Gasteiger partial charge on any atom is 0.322 e. The smallest absolute Gasteiger partial charge is 0.322 e. The molecule has 0 bridgehead atoms. The third-order valence-corrected chi connectivity index (χ3v) is 6.13. The molecule has 0 aliphatic heterocycles. The van der Waals surface area contributed by atoms with Gasteiger partial charge in [0.15, 0.2) is 0 Å². The number of methoxy groups -OCH3 is 1. The van der Waals surface area contributed by atoms with Crippen LogP contribution < -0.4 is 15.4 Å². The van der Waals surface area contributed by atoms with Crippen LogP contribution in [0.3, 0.4) is 0 Å². The fraction of sp³-hybridized carbons (Fsp3) is 0.233. The number of benzene rings is 3. The average Bonchev–Trinajstić information content (AvgIpc) is 3.27. The maximum atomic E-state index is 13.4. The van der Waals surface area contributed by atoms with E-state index in [1.165, 1.54) is 4.90 Å². The summed E-state index contributed by atoms with van der Waals surface area (Å²) in [6.45, 7) is 4.33. The van der Waals surface area contributed by atoms with Gasteiger partial charge in [0, 0.05) is 17.8 Å². The summed E-state index contributed by atoms with van der Waals surface area (Å²) in [7, 11) is 1.62. The molecule has 38 heavy (non-hydrogen) atoms. The monoisotopic (exact) mass is 511 g/mol. The predicted octanol–water partition coefficient (Wildman–Crippen LogP) is 6.13. The number of rotatable bonds is 10. The number of nitrogens with one attached hydrogen (secondary N) is 2. The van der Waals surface area contributed by atoms with Crippen molar-refractivity contribution < 1.29 is 14.3 Å². The maximum absolute atomic E-state index is 13.4. The zero-order valence-corrected chi connectivity index (χ0v) is 22.0. The quantitative estimate of drug-likeness (QED) is 0.268. The van der Waals surface area contributed by atoms with Crippen LogP contribution in [0.25, 0.3) is 16.8 Å². The molecule has 0 aliphatic carbocycles. The zero-order valence-electron chi connectivity index (χ0n) is 22.0. The number of carbonyl (C=O) groups excluding carboxylic acids is 2. The van der Waals surface area contributed by atoms with Crippen molar-refractivity contribution in [3.05, 3.63) is 90.6 Å². The Kier molecular flexibility index (Phi) is 8.77. The summed E-state index contributed by atoms with van der Waals surface area (Å²) < 4.78 is 7.01. The summed E-state index contributed by atoms with van der Waals surface area (Å²) >= 11 is 0. The van der Waals surface area contributed by atoms with Crippen LogP contribution in [0.1, 0.15) is 25.5 Å². The van der Waals surface area contributed by atoms with Crippen molar-refractivity contribution in [1.82, 2.24) is 14.7 Å². The van der Waals surface area contributed by atoms with Crippen molar-refractivity contribution in [2.24, 2.45) is 0 Å². The van der Waals surface area contributed by atoms with Crippen molar-refractivity contribution in [2.75, 3.05) is 30.8 Å². The number of aromatic nitrogens is 2. The first-order valence-corrected chi connectivity index (χ1v) is 12.7. The number of hydrogen-bond acceptors (Lipinski definition) is 4. The lowest BCUT2D eigenvalue weighted by Crippen LogP contribution is -2.41. The molecule has 3 aromatic carbocycles. The van der Waals surface area contributed by atoms with Crippen LogP contribution >= 0.6 is 0 Å². The number of hydrogen-bond donors (Lipinski definition) is 2. The van der Waals surface area contributed by atoms with Crippen molar-refractivity contribution in [3.63, 3.8) is 0 Å². The lowest BCUT2D eigenvalue weighted by Gasteiger charge is -2.23. The van der Waals surface area contributed by atoms with Gasteiger partial charge in [0.25, 0.3) is 0 Å². The Morgan fingerprint density at radius 3 is 2.21 bits per heavy atom. The van der Waals surface area contributed by atoms with Gasteiger partial charge in [-0.15, -0.1) is 0 Å². The van der Waals surface area contributed by atoms with Gasteiger partial charge in [-0.05, 0) is 55.3 Å². The van der Waals surface area contributed by atoms with E-state index in [4.69, 9.17) is 9.84 Å². The summed E-state index contributed by atoms with van der Waals surface area (Å²) in [4.78, 5) is 28.0. The highest BCUT2D eigenvalue weighted by Crippen LogP contribution is 2.33. The molecule has 3 amide bonds. The molecule has 196 valence electrons. The minimum Gasteiger partial charge on any atom is -0.497 e. The van der Waals surface area contributed by atoms with Gasteiger partial charge in [0.2, 0.25) is 5.91 Å². The Morgan fingerprint density at radius 1 is 0.921 bits per heavy atom. The fourth-order valence-electron chi connectivity index (χ4n) is 4.17. The Morgan fingerprint density at radius 2 is 1.58 bits per heavy atom. The molecule has 4 aromatic rings. The molecule has 8 nitrogen and oxygen atoms in total. The normalized spacial score (nSPS) is 10.6. The van der Waals surface area contributed by atoms with Crippen molar-refractivity contribution in [1.29, 1.82) is 0 Å². The number of anilines is 2. The molecule has 0 fully saturated rings. The molecule has 0 radical (unpaired) electrons. The molecule has 0 aliphatic rings. The lowest BCUT2D eigenvalue weighted by atomic mass is 10.1. The molecule has 4 rings (SSSR count). The standard InChI is InChI=1S/C30H33N5O3/c1-4-5-20-34(30(37)31-24-14-10-7-11-15-24)21-27(36)32-29-28(23-12-8-6-9-13-23)22(2)33-35(29)25-16-18-26(38-3)19-17-25/h6-19H,4-5,20-21H2,1-3H3,(H,31,37)(H,32,36). The van der Waals surface area contributed by atoms with E-state index in [1.807, 2.05) is 91.9 Å². The van der Waals surface area contributed by atoms with Crippen LogP contribution in [0.4, 0.5) is 16.3 Å². The first kappa shape index (κ1) is 26.5. The summed E-state index contributed by atoms with van der Waals surface area (Å²) in [6, 6.07) is 26.2. The van der Waals surface area contributed by atoms with Crippen LogP contribution in [0.2, 0.25) is 0 Å². The second-order valence-electron chi connectivity index (χ2n) is 8.90. The SMILES string of the molecule is CCCCN(CC(=O)Nc1c(-c2ccccc2)c(C)nn1-c1ccc(OC)cc1)C(=O)Nc1ccccc1. The number of unbranched alkanes of at least 4 members (excludes halogenated alkanes) is 1. The Labute approximate surface area is 223 Å². The van der Waals surface area contributed by atoms with Crippen LogP contribution in [0, 0.1) is 6.92 Å². The van der Waals surface area contributed by atoms with E-state index in [0.29, 0.717) is 18.1 Å². The number of aryl methyl sites for hydroxylation is 1. The first-order chi connectivity index (χ1) is 18.5. The molecular formula is C30H33N5O3. The van der Waals surface area contributed by atoms with E-state index in [9.17, 15) is 9.59 Å². The number of ether oxygens (including phenoxy) is 1. The van der Waals surface area contributed by atoms with Crippen LogP contribution in [-0.2, 0) is 4.79 Å². The Hall–Kier alpha value is -4.59. The Bertz CT molecular complexity index is 1350. The summed E-state index contributed by atoms with van der Waals surface area (Å²) in [6.07, 6.45) is 1.69. The van der Waals surface area contributed by atoms with Crippen LogP contribution in [0.15, 0.2) is 84.9 Å². The largest absolute Gasteiger partial charge is 0.497 e. The fourth-order valence-corrected chi connectivity index (χ4v) is 4.17. The number of carbonyl (C=O) groups is 2. The number of urea groups is 1. The van der Waals surface area contributed by atoms with Gasteiger partial charge in [-0.2, -0.15) is 5.10 Å². The predicted molar refractivity (Wildman–Crippen MR) is 151 cm³/mol. The third-order valence-electron chi connectivity index (χ3n) is 6.13. The molecule has 0 unspecified atom stereocenters. The van der Waals surface area contributed by atoms with Crippen LogP contribution in [-0.4, -0.2) is 46.8 Å². The van der Waals surface area contributed by atoms with E-state index in [1.54, 1.807) is 11.8 Å². The van der Waals surface area contributed by atoms with E-state index in [-0.39, 0.29) is 18.5 Å². The van der Waals surface area contributed by atoms with Gasteiger partial charge in [-0.25, -0.2) is 9.48 Å². The summed E-state index contributed by atoms with van der Waals surface area (Å²) in [5, 5.41) is 10.7. The van der Waals surface area contributed by atoms with Gasteiger partial charge in [0.05, 0.1) is 18.5 Å². The minimum absolute atomic E-state index is 0.0975. The topological polar surface area (TPSA) is 88.5 Å². The molecule has 0 saturated carbocycles. The third kappa shape index (κ3) is 6.39. The molecular weight excluding hydrogens is 478 g/mol. The van der Waals surface area contributed by atoms with Crippen molar-refractivity contribution in [3.8, 4) is 22.6 Å². The lowest BCUT2D eigenvalue weighted by molar-refractivity contribution is -0.116. The molecule has 1 heterocycles. The highest BCUT2D eigenvalue weighted by Gasteiger charge is 2.23. The summed E-state index contributed by atoms with van der Waals surface area (Å²) in [5.41, 5.74) is 3.98.